The molecule has 1 aliphatic heterocycles. The van der Waals surface area contributed by atoms with E-state index in [0.29, 0.717) is 50.0 Å². The molecule has 1 aliphatic rings. The summed E-state index contributed by atoms with van der Waals surface area (Å²) < 4.78 is 23.8. The van der Waals surface area contributed by atoms with Crippen molar-refractivity contribution >= 4 is 23.4 Å². The molecule has 0 N–H and O–H groups in total. The van der Waals surface area contributed by atoms with Gasteiger partial charge in [-0.15, -0.1) is 0 Å². The maximum Gasteiger partial charge on any atom is 0.338 e. The van der Waals surface area contributed by atoms with E-state index in [1.165, 1.54) is 15.9 Å². The molecule has 0 bridgehead atoms. The minimum atomic E-state index is -0.732. The van der Waals surface area contributed by atoms with E-state index in [4.69, 9.17) is 18.6 Å². The van der Waals surface area contributed by atoms with Gasteiger partial charge in [-0.1, -0.05) is 17.4 Å². The Balaban J connectivity index is 1.97. The molecule has 33 heavy (non-hydrogen) atoms. The molecular formula is C24H24N2O6S. The fourth-order valence-corrected chi connectivity index (χ4v) is 4.77. The summed E-state index contributed by atoms with van der Waals surface area (Å²) in [5, 5.41) is 0. The summed E-state index contributed by atoms with van der Waals surface area (Å²) in [6.07, 6.45) is 3.21. The van der Waals surface area contributed by atoms with Crippen LogP contribution in [0, 0.1) is 0 Å². The van der Waals surface area contributed by atoms with Gasteiger partial charge in [-0.05, 0) is 50.6 Å². The average Bonchev–Trinajstić information content (AvgIpc) is 3.41. The Labute approximate surface area is 194 Å². The Morgan fingerprint density at radius 1 is 1.24 bits per heavy atom. The van der Waals surface area contributed by atoms with Crippen LogP contribution < -0.4 is 24.4 Å². The third-order valence-electron chi connectivity index (χ3n) is 5.14. The van der Waals surface area contributed by atoms with E-state index in [9.17, 15) is 9.59 Å². The van der Waals surface area contributed by atoms with Gasteiger partial charge in [0.25, 0.3) is 5.56 Å². The molecule has 9 heteroatoms. The summed E-state index contributed by atoms with van der Waals surface area (Å²) in [4.78, 5) is 31.5. The summed E-state index contributed by atoms with van der Waals surface area (Å²) in [6.45, 7) is 6.00. The number of aromatic nitrogens is 1. The van der Waals surface area contributed by atoms with Crippen molar-refractivity contribution < 1.29 is 23.4 Å². The van der Waals surface area contributed by atoms with Crippen molar-refractivity contribution in [2.24, 2.45) is 4.99 Å². The number of fused-ring (bicyclic) bond motifs is 1. The van der Waals surface area contributed by atoms with E-state index < -0.39 is 12.0 Å². The highest BCUT2D eigenvalue weighted by atomic mass is 32.1. The molecule has 172 valence electrons. The molecule has 1 aromatic carbocycles. The van der Waals surface area contributed by atoms with Crippen molar-refractivity contribution in [3.63, 3.8) is 0 Å². The second-order valence-electron chi connectivity index (χ2n) is 7.16. The summed E-state index contributed by atoms with van der Waals surface area (Å²) >= 11 is 1.24. The van der Waals surface area contributed by atoms with Gasteiger partial charge < -0.3 is 18.6 Å². The average molecular weight is 469 g/mol. The maximum atomic E-state index is 13.5. The Morgan fingerprint density at radius 3 is 2.73 bits per heavy atom. The number of methoxy groups -OCH3 is 1. The molecule has 0 amide bonds. The fraction of sp³-hybridized carbons (Fsp3) is 0.292. The van der Waals surface area contributed by atoms with Crippen molar-refractivity contribution in [2.45, 2.75) is 26.8 Å². The van der Waals surface area contributed by atoms with Gasteiger partial charge in [0.2, 0.25) is 0 Å². The van der Waals surface area contributed by atoms with Crippen molar-refractivity contribution in [3.05, 3.63) is 78.9 Å². The lowest BCUT2D eigenvalue weighted by atomic mass is 9.95. The van der Waals surface area contributed by atoms with E-state index in [0.717, 1.165) is 0 Å². The number of ether oxygens (including phenoxy) is 3. The van der Waals surface area contributed by atoms with Gasteiger partial charge in [0.15, 0.2) is 16.3 Å². The molecule has 0 fully saturated rings. The standard InChI is InChI=1S/C24H24N2O6S/c1-5-30-18-12-15(9-10-17(18)29-4)21-20(23(28)31-6-2)14(3)25-24-26(21)22(27)19(33-24)13-16-8-7-11-32-16/h7-13,21H,5-6H2,1-4H3/t21-/m1/s1. The largest absolute Gasteiger partial charge is 0.493 e. The third-order valence-corrected chi connectivity index (χ3v) is 6.12. The summed E-state index contributed by atoms with van der Waals surface area (Å²) in [5.74, 6) is 1.12. The molecule has 0 unspecified atom stereocenters. The van der Waals surface area contributed by atoms with Gasteiger partial charge in [-0.2, -0.15) is 0 Å². The lowest BCUT2D eigenvalue weighted by molar-refractivity contribution is -0.139. The molecule has 4 rings (SSSR count). The van der Waals surface area contributed by atoms with E-state index in [1.807, 2.05) is 13.0 Å². The van der Waals surface area contributed by atoms with Crippen LogP contribution in [0.15, 0.2) is 62.1 Å². The highest BCUT2D eigenvalue weighted by Gasteiger charge is 2.34. The van der Waals surface area contributed by atoms with Crippen LogP contribution in [0.25, 0.3) is 6.08 Å². The zero-order valence-electron chi connectivity index (χ0n) is 18.8. The lowest BCUT2D eigenvalue weighted by Gasteiger charge is -2.25. The number of hydrogen-bond donors (Lipinski definition) is 0. The first kappa shape index (κ1) is 22.6. The number of nitrogens with zero attached hydrogens (tertiary/aromatic N) is 2. The number of esters is 1. The van der Waals surface area contributed by atoms with E-state index >= 15 is 0 Å². The van der Waals surface area contributed by atoms with E-state index in [-0.39, 0.29) is 12.2 Å². The van der Waals surface area contributed by atoms with E-state index in [2.05, 4.69) is 4.99 Å². The van der Waals surface area contributed by atoms with Crippen molar-refractivity contribution in [1.29, 1.82) is 0 Å². The molecule has 0 spiro atoms. The van der Waals surface area contributed by atoms with Crippen molar-refractivity contribution in [3.8, 4) is 11.5 Å². The SMILES string of the molecule is CCOC(=O)C1=C(C)N=c2sc(=Cc3ccco3)c(=O)n2[C@@H]1c1ccc(OC)c(OCC)c1. The van der Waals surface area contributed by atoms with Crippen molar-refractivity contribution in [2.75, 3.05) is 20.3 Å². The predicted octanol–water partition coefficient (Wildman–Crippen LogP) is 2.80. The van der Waals surface area contributed by atoms with Crippen LogP contribution in [0.2, 0.25) is 0 Å². The molecular weight excluding hydrogens is 444 g/mol. The highest BCUT2D eigenvalue weighted by Crippen LogP contribution is 2.36. The van der Waals surface area contributed by atoms with Gasteiger partial charge in [0.05, 0.1) is 48.4 Å². The third kappa shape index (κ3) is 4.23. The molecule has 3 heterocycles. The molecule has 0 aliphatic carbocycles. The maximum absolute atomic E-state index is 13.5. The number of hydrogen-bond acceptors (Lipinski definition) is 8. The molecule has 8 nitrogen and oxygen atoms in total. The molecule has 1 atom stereocenters. The summed E-state index contributed by atoms with van der Waals surface area (Å²) in [7, 11) is 1.56. The Bertz CT molecular complexity index is 1380. The number of carbonyl (C=O) groups excluding carboxylic acids is 1. The van der Waals surface area contributed by atoms with Gasteiger partial charge in [0, 0.05) is 6.08 Å². The first-order chi connectivity index (χ1) is 16.0. The minimum Gasteiger partial charge on any atom is -0.493 e. The number of carbonyl (C=O) groups is 1. The van der Waals surface area contributed by atoms with Crippen LogP contribution in [0.5, 0.6) is 11.5 Å². The van der Waals surface area contributed by atoms with Crippen LogP contribution in [0.3, 0.4) is 0 Å². The second-order valence-corrected chi connectivity index (χ2v) is 8.17. The smallest absolute Gasteiger partial charge is 0.338 e. The Morgan fingerprint density at radius 2 is 2.06 bits per heavy atom. The summed E-state index contributed by atoms with van der Waals surface area (Å²) in [5.41, 5.74) is 1.21. The van der Waals surface area contributed by atoms with Crippen LogP contribution in [-0.4, -0.2) is 30.9 Å². The first-order valence-corrected chi connectivity index (χ1v) is 11.3. The quantitative estimate of drug-likeness (QED) is 0.495. The minimum absolute atomic E-state index is 0.206. The van der Waals surface area contributed by atoms with Gasteiger partial charge in [-0.3, -0.25) is 9.36 Å². The van der Waals surface area contributed by atoms with Gasteiger partial charge in [-0.25, -0.2) is 9.79 Å². The predicted molar refractivity (Wildman–Crippen MR) is 123 cm³/mol. The zero-order valence-corrected chi connectivity index (χ0v) is 19.6. The van der Waals surface area contributed by atoms with Crippen LogP contribution >= 0.6 is 11.3 Å². The van der Waals surface area contributed by atoms with Gasteiger partial charge >= 0.3 is 5.97 Å². The summed E-state index contributed by atoms with van der Waals surface area (Å²) in [6, 6.07) is 8.15. The second kappa shape index (κ2) is 9.50. The van der Waals surface area contributed by atoms with Crippen molar-refractivity contribution in [1.82, 2.24) is 4.57 Å². The first-order valence-electron chi connectivity index (χ1n) is 10.5. The number of furan rings is 1. The molecule has 0 saturated heterocycles. The zero-order chi connectivity index (χ0) is 23.5. The number of thiazole rings is 1. The number of benzene rings is 1. The lowest BCUT2D eigenvalue weighted by Crippen LogP contribution is -2.39. The molecule has 0 radical (unpaired) electrons. The monoisotopic (exact) mass is 468 g/mol. The topological polar surface area (TPSA) is 92.3 Å². The number of rotatable bonds is 7. The molecule has 3 aromatic rings. The van der Waals surface area contributed by atoms with Crippen LogP contribution in [-0.2, 0) is 9.53 Å². The fourth-order valence-electron chi connectivity index (χ4n) is 3.74. The Kier molecular flexibility index (Phi) is 6.50. The van der Waals surface area contributed by atoms with Crippen LogP contribution in [0.4, 0.5) is 0 Å². The molecule has 0 saturated carbocycles. The van der Waals surface area contributed by atoms with E-state index in [1.54, 1.807) is 57.6 Å². The van der Waals surface area contributed by atoms with Gasteiger partial charge in [0.1, 0.15) is 5.76 Å². The highest BCUT2D eigenvalue weighted by molar-refractivity contribution is 7.07. The molecule has 2 aromatic heterocycles. The number of allylic oxidation sites excluding steroid dienone is 1. The normalized spacial score (nSPS) is 15.8. The van der Waals surface area contributed by atoms with Crippen LogP contribution in [0.1, 0.15) is 38.1 Å². The Hall–Kier alpha value is -3.59.